The smallest absolute Gasteiger partial charge is 0.338 e. The van der Waals surface area contributed by atoms with Crippen molar-refractivity contribution >= 4 is 17.6 Å². The average Bonchev–Trinajstić information content (AvgIpc) is 3.31. The van der Waals surface area contributed by atoms with E-state index in [1.807, 2.05) is 54.6 Å². The summed E-state index contributed by atoms with van der Waals surface area (Å²) in [6.07, 6.45) is 1.70. The van der Waals surface area contributed by atoms with Gasteiger partial charge < -0.3 is 14.8 Å². The second kappa shape index (κ2) is 9.40. The quantitative estimate of drug-likeness (QED) is 0.431. The zero-order valence-corrected chi connectivity index (χ0v) is 18.5. The lowest BCUT2D eigenvalue weighted by Gasteiger charge is -2.11. The number of carbonyl (C=O) groups is 2. The van der Waals surface area contributed by atoms with Gasteiger partial charge in [-0.15, -0.1) is 0 Å². The molecule has 0 saturated carbocycles. The molecule has 33 heavy (non-hydrogen) atoms. The van der Waals surface area contributed by atoms with Crippen LogP contribution < -0.4 is 10.1 Å². The fourth-order valence-electron chi connectivity index (χ4n) is 3.51. The molecule has 7 heteroatoms. The minimum atomic E-state index is -0.459. The molecule has 0 aliphatic heterocycles. The zero-order valence-electron chi connectivity index (χ0n) is 18.5. The molecule has 3 aromatic carbocycles. The van der Waals surface area contributed by atoms with Crippen LogP contribution in [0.5, 0.6) is 5.75 Å². The summed E-state index contributed by atoms with van der Waals surface area (Å²) in [7, 11) is 2.93. The van der Waals surface area contributed by atoms with Gasteiger partial charge >= 0.3 is 5.97 Å². The van der Waals surface area contributed by atoms with Gasteiger partial charge in [0, 0.05) is 17.4 Å². The number of anilines is 1. The standard InChI is InChI=1S/C26H23N3O4/c1-17-21(26(31)33-3)10-7-11-23(17)27-25(30)22-16-29(19-8-5-4-6-9-19)28-24(22)18-12-14-20(32-2)15-13-18/h4-16H,1-3H3,(H,27,30). The molecule has 0 fully saturated rings. The fraction of sp³-hybridized carbons (Fsp3) is 0.115. The Morgan fingerprint density at radius 3 is 2.27 bits per heavy atom. The van der Waals surface area contributed by atoms with E-state index in [1.165, 1.54) is 7.11 Å². The third-order valence-electron chi connectivity index (χ3n) is 5.33. The molecule has 0 aliphatic carbocycles. The van der Waals surface area contributed by atoms with Crippen molar-refractivity contribution in [2.75, 3.05) is 19.5 Å². The first-order chi connectivity index (χ1) is 16.0. The van der Waals surface area contributed by atoms with Crippen molar-refractivity contribution in [2.45, 2.75) is 6.92 Å². The Bertz CT molecular complexity index is 1300. The molecule has 0 bridgehead atoms. The van der Waals surface area contributed by atoms with Crippen molar-refractivity contribution in [1.82, 2.24) is 9.78 Å². The van der Waals surface area contributed by atoms with Gasteiger partial charge in [0.15, 0.2) is 0 Å². The third-order valence-corrected chi connectivity index (χ3v) is 5.33. The molecule has 4 rings (SSSR count). The molecule has 1 amide bonds. The number of para-hydroxylation sites is 1. The van der Waals surface area contributed by atoms with Gasteiger partial charge in [-0.05, 0) is 61.0 Å². The predicted octanol–water partition coefficient (Wildman–Crippen LogP) is 4.90. The van der Waals surface area contributed by atoms with Gasteiger partial charge in [0.2, 0.25) is 0 Å². The summed E-state index contributed by atoms with van der Waals surface area (Å²) < 4.78 is 11.8. The van der Waals surface area contributed by atoms with E-state index in [4.69, 9.17) is 14.6 Å². The highest BCUT2D eigenvalue weighted by Crippen LogP contribution is 2.27. The lowest BCUT2D eigenvalue weighted by molar-refractivity contribution is 0.0599. The second-order valence-electron chi connectivity index (χ2n) is 7.32. The maximum absolute atomic E-state index is 13.4. The normalized spacial score (nSPS) is 10.5. The number of hydrogen-bond donors (Lipinski definition) is 1. The van der Waals surface area contributed by atoms with E-state index < -0.39 is 5.97 Å². The number of aromatic nitrogens is 2. The van der Waals surface area contributed by atoms with Gasteiger partial charge in [0.25, 0.3) is 5.91 Å². The van der Waals surface area contributed by atoms with Crippen molar-refractivity contribution in [2.24, 2.45) is 0 Å². The Morgan fingerprint density at radius 1 is 0.879 bits per heavy atom. The lowest BCUT2D eigenvalue weighted by atomic mass is 10.1. The van der Waals surface area contributed by atoms with Crippen LogP contribution in [0.1, 0.15) is 26.3 Å². The molecule has 1 heterocycles. The second-order valence-corrected chi connectivity index (χ2v) is 7.32. The Hall–Kier alpha value is -4.39. The summed E-state index contributed by atoms with van der Waals surface area (Å²) in [5.41, 5.74) is 4.07. The molecular weight excluding hydrogens is 418 g/mol. The molecule has 0 radical (unpaired) electrons. The Labute approximate surface area is 191 Å². The third kappa shape index (κ3) is 4.48. The van der Waals surface area contributed by atoms with E-state index in [1.54, 1.807) is 43.1 Å². The van der Waals surface area contributed by atoms with Gasteiger partial charge in [0.05, 0.1) is 31.0 Å². The van der Waals surface area contributed by atoms with Crippen LogP contribution in [-0.4, -0.2) is 35.9 Å². The van der Waals surface area contributed by atoms with E-state index in [-0.39, 0.29) is 5.91 Å². The predicted molar refractivity (Wildman–Crippen MR) is 126 cm³/mol. The van der Waals surface area contributed by atoms with Crippen molar-refractivity contribution < 1.29 is 19.1 Å². The summed E-state index contributed by atoms with van der Waals surface area (Å²) in [6.45, 7) is 1.76. The summed E-state index contributed by atoms with van der Waals surface area (Å²) in [5.74, 6) is -0.0879. The fourth-order valence-corrected chi connectivity index (χ4v) is 3.51. The molecule has 0 aliphatic rings. The van der Waals surface area contributed by atoms with E-state index in [0.29, 0.717) is 33.8 Å². The number of methoxy groups -OCH3 is 2. The Morgan fingerprint density at radius 2 is 1.61 bits per heavy atom. The monoisotopic (exact) mass is 441 g/mol. The SMILES string of the molecule is COC(=O)c1cccc(NC(=O)c2cn(-c3ccccc3)nc2-c2ccc(OC)cc2)c1C. The number of amides is 1. The van der Waals surface area contributed by atoms with Crippen LogP contribution in [-0.2, 0) is 4.74 Å². The minimum Gasteiger partial charge on any atom is -0.497 e. The van der Waals surface area contributed by atoms with E-state index >= 15 is 0 Å². The van der Waals surface area contributed by atoms with E-state index in [0.717, 1.165) is 11.3 Å². The van der Waals surface area contributed by atoms with Crippen LogP contribution in [0.3, 0.4) is 0 Å². The number of carbonyl (C=O) groups excluding carboxylic acids is 2. The van der Waals surface area contributed by atoms with Crippen LogP contribution in [0, 0.1) is 6.92 Å². The average molecular weight is 441 g/mol. The van der Waals surface area contributed by atoms with Gasteiger partial charge in [0.1, 0.15) is 11.4 Å². The molecule has 1 aromatic heterocycles. The molecule has 0 saturated heterocycles. The highest BCUT2D eigenvalue weighted by atomic mass is 16.5. The molecule has 0 atom stereocenters. The summed E-state index contributed by atoms with van der Waals surface area (Å²) in [5, 5.41) is 7.61. The summed E-state index contributed by atoms with van der Waals surface area (Å²) in [6, 6.07) is 22.0. The highest BCUT2D eigenvalue weighted by Gasteiger charge is 2.21. The van der Waals surface area contributed by atoms with Crippen LogP contribution in [0.2, 0.25) is 0 Å². The molecule has 166 valence electrons. The van der Waals surface area contributed by atoms with Gasteiger partial charge in [-0.3, -0.25) is 4.79 Å². The van der Waals surface area contributed by atoms with Crippen molar-refractivity contribution in [1.29, 1.82) is 0 Å². The van der Waals surface area contributed by atoms with E-state index in [2.05, 4.69) is 5.32 Å². The van der Waals surface area contributed by atoms with Gasteiger partial charge in [-0.2, -0.15) is 5.10 Å². The number of nitrogens with one attached hydrogen (secondary N) is 1. The maximum atomic E-state index is 13.4. The molecular formula is C26H23N3O4. The first-order valence-corrected chi connectivity index (χ1v) is 10.3. The van der Waals surface area contributed by atoms with Gasteiger partial charge in [-0.25, -0.2) is 9.48 Å². The zero-order chi connectivity index (χ0) is 23.4. The number of hydrogen-bond acceptors (Lipinski definition) is 5. The van der Waals surface area contributed by atoms with Crippen molar-refractivity contribution in [3.05, 3.63) is 95.7 Å². The largest absolute Gasteiger partial charge is 0.497 e. The molecule has 1 N–H and O–H groups in total. The first kappa shape index (κ1) is 21.8. The molecule has 7 nitrogen and oxygen atoms in total. The molecule has 4 aromatic rings. The van der Waals surface area contributed by atoms with Gasteiger partial charge in [-0.1, -0.05) is 24.3 Å². The van der Waals surface area contributed by atoms with Crippen molar-refractivity contribution in [3.63, 3.8) is 0 Å². The van der Waals surface area contributed by atoms with Crippen LogP contribution in [0.15, 0.2) is 79.0 Å². The summed E-state index contributed by atoms with van der Waals surface area (Å²) in [4.78, 5) is 25.4. The molecule has 0 spiro atoms. The number of benzene rings is 3. The number of ether oxygens (including phenoxy) is 2. The van der Waals surface area contributed by atoms with Crippen LogP contribution in [0.25, 0.3) is 16.9 Å². The topological polar surface area (TPSA) is 82.5 Å². The van der Waals surface area contributed by atoms with E-state index in [9.17, 15) is 9.59 Å². The summed E-state index contributed by atoms with van der Waals surface area (Å²) >= 11 is 0. The lowest BCUT2D eigenvalue weighted by Crippen LogP contribution is -2.15. The minimum absolute atomic E-state index is 0.340. The maximum Gasteiger partial charge on any atom is 0.338 e. The highest BCUT2D eigenvalue weighted by molar-refractivity contribution is 6.09. The molecule has 0 unspecified atom stereocenters. The first-order valence-electron chi connectivity index (χ1n) is 10.3. The number of rotatable bonds is 6. The van der Waals surface area contributed by atoms with Crippen LogP contribution in [0.4, 0.5) is 5.69 Å². The van der Waals surface area contributed by atoms with Crippen molar-refractivity contribution in [3.8, 4) is 22.7 Å². The van der Waals surface area contributed by atoms with Crippen LogP contribution >= 0.6 is 0 Å². The number of nitrogens with zero attached hydrogens (tertiary/aromatic N) is 2. The number of esters is 1. The Kier molecular flexibility index (Phi) is 6.22. The Balaban J connectivity index is 1.75.